The van der Waals surface area contributed by atoms with Crippen LogP contribution >= 0.6 is 0 Å². The Morgan fingerprint density at radius 2 is 1.82 bits per heavy atom. The molecule has 0 radical (unpaired) electrons. The Morgan fingerprint density at radius 3 is 2.24 bits per heavy atom. The Balaban J connectivity index is 2.90. The van der Waals surface area contributed by atoms with E-state index in [4.69, 9.17) is 0 Å². The molecule has 0 aromatic heterocycles. The molecule has 0 amide bonds. The summed E-state index contributed by atoms with van der Waals surface area (Å²) in [5.41, 5.74) is 0.541. The Bertz CT molecular complexity index is 251. The number of nitrogens with one attached hydrogen (secondary N) is 2. The van der Waals surface area contributed by atoms with Crippen LogP contribution in [0.4, 0.5) is 0 Å². The lowest BCUT2D eigenvalue weighted by Crippen LogP contribution is -2.68. The van der Waals surface area contributed by atoms with Gasteiger partial charge in [0.25, 0.3) is 0 Å². The van der Waals surface area contributed by atoms with Crippen LogP contribution in [0.25, 0.3) is 0 Å². The second kappa shape index (κ2) is 5.27. The van der Waals surface area contributed by atoms with Gasteiger partial charge in [0.1, 0.15) is 0 Å². The number of piperidine rings is 1. The van der Waals surface area contributed by atoms with Crippen LogP contribution in [0.2, 0.25) is 0 Å². The molecule has 0 spiro atoms. The molecule has 1 saturated heterocycles. The summed E-state index contributed by atoms with van der Waals surface area (Å²) in [6.07, 6.45) is 3.63. The van der Waals surface area contributed by atoms with E-state index in [0.29, 0.717) is 18.0 Å². The summed E-state index contributed by atoms with van der Waals surface area (Å²) in [5, 5.41) is 7.69. The predicted octanol–water partition coefficient (Wildman–Crippen LogP) is 3.32. The molecular formula is C15H32N2. The summed E-state index contributed by atoms with van der Waals surface area (Å²) in [5.74, 6) is 0.675. The highest BCUT2D eigenvalue weighted by Crippen LogP contribution is 2.37. The van der Waals surface area contributed by atoms with Crippen molar-refractivity contribution in [1.82, 2.24) is 10.6 Å². The first-order valence-electron chi connectivity index (χ1n) is 7.31. The van der Waals surface area contributed by atoms with Gasteiger partial charge in [0, 0.05) is 23.2 Å². The minimum absolute atomic E-state index is 0.259. The lowest BCUT2D eigenvalue weighted by molar-refractivity contribution is 0.0555. The van der Waals surface area contributed by atoms with E-state index in [1.807, 2.05) is 0 Å². The molecular weight excluding hydrogens is 208 g/mol. The van der Waals surface area contributed by atoms with Crippen LogP contribution in [0.3, 0.4) is 0 Å². The maximum Gasteiger partial charge on any atom is 0.0196 e. The maximum atomic E-state index is 3.92. The first-order valence-corrected chi connectivity index (χ1v) is 7.31. The van der Waals surface area contributed by atoms with Gasteiger partial charge in [0.2, 0.25) is 0 Å². The van der Waals surface area contributed by atoms with Gasteiger partial charge in [0.05, 0.1) is 0 Å². The van der Waals surface area contributed by atoms with Crippen LogP contribution < -0.4 is 10.6 Å². The molecule has 2 N–H and O–H groups in total. The molecule has 1 aliphatic rings. The standard InChI is InChI=1S/C15H32N2/c1-8-14(6)10-13(16-11(3)4)12(5)15(7,9-2)17-14/h11-13,16-17H,8-10H2,1-7H3. The largest absolute Gasteiger partial charge is 0.311 e. The fourth-order valence-corrected chi connectivity index (χ4v) is 3.23. The quantitative estimate of drug-likeness (QED) is 0.788. The van der Waals surface area contributed by atoms with E-state index in [-0.39, 0.29) is 11.1 Å². The SMILES string of the molecule is CCC1(C)CC(NC(C)C)C(C)C(C)(CC)N1. The highest BCUT2D eigenvalue weighted by molar-refractivity contribution is 5.06. The molecule has 2 heteroatoms. The molecule has 102 valence electrons. The number of hydrogen-bond donors (Lipinski definition) is 2. The van der Waals surface area contributed by atoms with Crippen LogP contribution in [-0.2, 0) is 0 Å². The molecule has 0 aromatic carbocycles. The summed E-state index contributed by atoms with van der Waals surface area (Å²) < 4.78 is 0. The summed E-state index contributed by atoms with van der Waals surface area (Å²) in [7, 11) is 0. The molecule has 0 bridgehead atoms. The summed E-state index contributed by atoms with van der Waals surface area (Å²) in [4.78, 5) is 0. The molecule has 0 saturated carbocycles. The molecule has 1 fully saturated rings. The monoisotopic (exact) mass is 240 g/mol. The van der Waals surface area contributed by atoms with Crippen molar-refractivity contribution in [2.45, 2.75) is 90.9 Å². The minimum Gasteiger partial charge on any atom is -0.311 e. The highest BCUT2D eigenvalue weighted by Gasteiger charge is 2.46. The molecule has 17 heavy (non-hydrogen) atoms. The lowest BCUT2D eigenvalue weighted by atomic mass is 9.69. The zero-order chi connectivity index (χ0) is 13.3. The molecule has 0 aromatic rings. The molecule has 1 aliphatic heterocycles. The maximum absolute atomic E-state index is 3.92. The van der Waals surface area contributed by atoms with E-state index in [1.165, 1.54) is 19.3 Å². The molecule has 1 rings (SSSR count). The van der Waals surface area contributed by atoms with Gasteiger partial charge in [-0.3, -0.25) is 0 Å². The van der Waals surface area contributed by atoms with Gasteiger partial charge in [-0.05, 0) is 39.0 Å². The lowest BCUT2D eigenvalue weighted by Gasteiger charge is -2.54. The van der Waals surface area contributed by atoms with Gasteiger partial charge in [-0.25, -0.2) is 0 Å². The van der Waals surface area contributed by atoms with Crippen molar-refractivity contribution in [3.05, 3.63) is 0 Å². The van der Waals surface area contributed by atoms with Gasteiger partial charge in [-0.1, -0.05) is 34.6 Å². The third-order valence-electron chi connectivity index (χ3n) is 4.93. The Morgan fingerprint density at radius 1 is 1.24 bits per heavy atom. The van der Waals surface area contributed by atoms with Crippen molar-refractivity contribution < 1.29 is 0 Å². The zero-order valence-corrected chi connectivity index (χ0v) is 12.9. The van der Waals surface area contributed by atoms with E-state index in [2.05, 4.69) is 59.1 Å². The van der Waals surface area contributed by atoms with E-state index < -0.39 is 0 Å². The van der Waals surface area contributed by atoms with Gasteiger partial charge in [-0.15, -0.1) is 0 Å². The average molecular weight is 240 g/mol. The average Bonchev–Trinajstić information content (AvgIpc) is 2.25. The van der Waals surface area contributed by atoms with E-state index in [0.717, 1.165) is 0 Å². The summed E-state index contributed by atoms with van der Waals surface area (Å²) in [6.45, 7) is 16.3. The van der Waals surface area contributed by atoms with Gasteiger partial charge in [-0.2, -0.15) is 0 Å². The number of hydrogen-bond acceptors (Lipinski definition) is 2. The fourth-order valence-electron chi connectivity index (χ4n) is 3.23. The Labute approximate surface area is 108 Å². The summed E-state index contributed by atoms with van der Waals surface area (Å²) >= 11 is 0. The van der Waals surface area contributed by atoms with Crippen molar-refractivity contribution in [2.24, 2.45) is 5.92 Å². The third-order valence-corrected chi connectivity index (χ3v) is 4.93. The second-order valence-corrected chi connectivity index (χ2v) is 6.73. The Kier molecular flexibility index (Phi) is 4.65. The molecule has 4 unspecified atom stereocenters. The first kappa shape index (κ1) is 15.0. The van der Waals surface area contributed by atoms with Crippen molar-refractivity contribution in [3.63, 3.8) is 0 Å². The smallest absolute Gasteiger partial charge is 0.0196 e. The highest BCUT2D eigenvalue weighted by atomic mass is 15.1. The van der Waals surface area contributed by atoms with Crippen LogP contribution in [-0.4, -0.2) is 23.2 Å². The van der Waals surface area contributed by atoms with Crippen molar-refractivity contribution in [3.8, 4) is 0 Å². The van der Waals surface area contributed by atoms with E-state index in [9.17, 15) is 0 Å². The van der Waals surface area contributed by atoms with Crippen LogP contribution in [0.5, 0.6) is 0 Å². The zero-order valence-electron chi connectivity index (χ0n) is 12.9. The van der Waals surface area contributed by atoms with Gasteiger partial charge in [0.15, 0.2) is 0 Å². The topological polar surface area (TPSA) is 24.1 Å². The molecule has 2 nitrogen and oxygen atoms in total. The predicted molar refractivity (Wildman–Crippen MR) is 76.4 cm³/mol. The normalized spacial score (nSPS) is 43.1. The fraction of sp³-hybridized carbons (Fsp3) is 1.00. The van der Waals surface area contributed by atoms with E-state index >= 15 is 0 Å². The summed E-state index contributed by atoms with van der Waals surface area (Å²) in [6, 6.07) is 1.20. The molecule has 4 atom stereocenters. The Hall–Kier alpha value is -0.0800. The van der Waals surface area contributed by atoms with Crippen molar-refractivity contribution >= 4 is 0 Å². The van der Waals surface area contributed by atoms with Crippen LogP contribution in [0.1, 0.15) is 67.7 Å². The van der Waals surface area contributed by atoms with Crippen molar-refractivity contribution in [1.29, 1.82) is 0 Å². The number of rotatable bonds is 4. The minimum atomic E-state index is 0.259. The molecule has 0 aliphatic carbocycles. The van der Waals surface area contributed by atoms with Gasteiger partial charge < -0.3 is 10.6 Å². The van der Waals surface area contributed by atoms with Crippen molar-refractivity contribution in [2.75, 3.05) is 0 Å². The van der Waals surface area contributed by atoms with Crippen LogP contribution in [0.15, 0.2) is 0 Å². The molecule has 1 heterocycles. The van der Waals surface area contributed by atoms with Gasteiger partial charge >= 0.3 is 0 Å². The van der Waals surface area contributed by atoms with Crippen LogP contribution in [0, 0.1) is 5.92 Å². The second-order valence-electron chi connectivity index (χ2n) is 6.73. The van der Waals surface area contributed by atoms with E-state index in [1.54, 1.807) is 0 Å². The first-order chi connectivity index (χ1) is 7.76. The third kappa shape index (κ3) is 3.23.